The second-order valence-electron chi connectivity index (χ2n) is 9.62. The molecule has 1 aliphatic heterocycles. The van der Waals surface area contributed by atoms with Gasteiger partial charge in [-0.15, -0.1) is 0 Å². The highest BCUT2D eigenvalue weighted by atomic mass is 35.5. The van der Waals surface area contributed by atoms with Crippen molar-refractivity contribution in [3.8, 4) is 22.8 Å². The predicted octanol–water partition coefficient (Wildman–Crippen LogP) is 5.53. The Balaban J connectivity index is 1.50. The standard InChI is InChI=1S/C31H29ClFN5O4/c1-4-34-28(39)12-18-8-11-27(35-15-18)37-24-14-23(29-21(32)6-5-7-22(29)33)36-25-17-38(31(40)30(24)25)16-19-9-10-20(41-2)13-26(19)42-3/h5-11,13-15H,4,12,16-17H2,1-3H3,(H,34,39)(H,35,36,37). The number of anilines is 2. The number of nitrogens with one attached hydrogen (secondary N) is 2. The molecule has 2 aromatic heterocycles. The third-order valence-electron chi connectivity index (χ3n) is 6.84. The van der Waals surface area contributed by atoms with Gasteiger partial charge in [0.25, 0.3) is 5.91 Å². The molecular weight excluding hydrogens is 561 g/mol. The van der Waals surface area contributed by atoms with E-state index in [0.717, 1.165) is 11.1 Å². The van der Waals surface area contributed by atoms with E-state index in [1.54, 1.807) is 61.7 Å². The van der Waals surface area contributed by atoms with Crippen LogP contribution in [0.4, 0.5) is 15.9 Å². The molecule has 5 rings (SSSR count). The van der Waals surface area contributed by atoms with Gasteiger partial charge in [-0.1, -0.05) is 23.7 Å². The smallest absolute Gasteiger partial charge is 0.258 e. The first-order chi connectivity index (χ1) is 20.3. The summed E-state index contributed by atoms with van der Waals surface area (Å²) in [6.07, 6.45) is 1.79. The number of fused-ring (bicyclic) bond motifs is 1. The molecule has 9 nitrogen and oxygen atoms in total. The summed E-state index contributed by atoms with van der Waals surface area (Å²) in [4.78, 5) is 36.5. The number of aromatic nitrogens is 2. The molecule has 0 radical (unpaired) electrons. The van der Waals surface area contributed by atoms with Crippen LogP contribution in [0.3, 0.4) is 0 Å². The largest absolute Gasteiger partial charge is 0.497 e. The lowest BCUT2D eigenvalue weighted by molar-refractivity contribution is -0.120. The summed E-state index contributed by atoms with van der Waals surface area (Å²) < 4.78 is 25.8. The molecular formula is C31H29ClFN5O4. The van der Waals surface area contributed by atoms with E-state index in [9.17, 15) is 14.0 Å². The van der Waals surface area contributed by atoms with Crippen molar-refractivity contribution >= 4 is 34.9 Å². The number of amides is 2. The molecule has 2 aromatic carbocycles. The van der Waals surface area contributed by atoms with E-state index in [0.29, 0.717) is 40.8 Å². The lowest BCUT2D eigenvalue weighted by Gasteiger charge is -2.18. The van der Waals surface area contributed by atoms with E-state index in [2.05, 4.69) is 20.6 Å². The molecule has 0 saturated heterocycles. The van der Waals surface area contributed by atoms with Crippen LogP contribution in [-0.2, 0) is 24.3 Å². The molecule has 0 unspecified atom stereocenters. The van der Waals surface area contributed by atoms with Crippen molar-refractivity contribution < 1.29 is 23.5 Å². The van der Waals surface area contributed by atoms with Crippen LogP contribution in [0, 0.1) is 5.82 Å². The number of likely N-dealkylation sites (N-methyl/N-ethyl adjacent to an activating group) is 1. The number of hydrogen-bond donors (Lipinski definition) is 2. The highest BCUT2D eigenvalue weighted by molar-refractivity contribution is 6.33. The van der Waals surface area contributed by atoms with E-state index in [1.165, 1.54) is 12.1 Å². The third-order valence-corrected chi connectivity index (χ3v) is 7.15. The molecule has 4 aromatic rings. The summed E-state index contributed by atoms with van der Waals surface area (Å²) in [5, 5.41) is 6.16. The molecule has 0 bridgehead atoms. The van der Waals surface area contributed by atoms with Gasteiger partial charge in [-0.3, -0.25) is 9.59 Å². The fourth-order valence-corrected chi connectivity index (χ4v) is 5.09. The Morgan fingerprint density at radius 3 is 2.62 bits per heavy atom. The van der Waals surface area contributed by atoms with Crippen LogP contribution in [0.25, 0.3) is 11.3 Å². The first-order valence-corrected chi connectivity index (χ1v) is 13.7. The van der Waals surface area contributed by atoms with Crippen LogP contribution in [0.1, 0.15) is 34.1 Å². The number of carbonyl (C=O) groups excluding carboxylic acids is 2. The Morgan fingerprint density at radius 1 is 1.10 bits per heavy atom. The maximum atomic E-state index is 14.9. The molecule has 0 aliphatic carbocycles. The normalized spacial score (nSPS) is 12.2. The number of pyridine rings is 2. The summed E-state index contributed by atoms with van der Waals surface area (Å²) in [7, 11) is 3.13. The van der Waals surface area contributed by atoms with Gasteiger partial charge in [-0.25, -0.2) is 14.4 Å². The lowest BCUT2D eigenvalue weighted by atomic mass is 10.1. The number of halogens is 2. The SMILES string of the molecule is CCNC(=O)Cc1ccc(Nc2cc(-c3c(F)cccc3Cl)nc3c2C(=O)N(Cc2ccc(OC)cc2OC)C3)nc1. The van der Waals surface area contributed by atoms with Gasteiger partial charge in [0.2, 0.25) is 5.91 Å². The van der Waals surface area contributed by atoms with Crippen LogP contribution < -0.4 is 20.1 Å². The Kier molecular flexibility index (Phi) is 8.53. The fraction of sp³-hybridized carbons (Fsp3) is 0.226. The average Bonchev–Trinajstić information content (AvgIpc) is 3.29. The van der Waals surface area contributed by atoms with Gasteiger partial charge in [0.15, 0.2) is 0 Å². The highest BCUT2D eigenvalue weighted by Crippen LogP contribution is 2.38. The number of ether oxygens (including phenoxy) is 2. The van der Waals surface area contributed by atoms with E-state index in [-0.39, 0.29) is 47.6 Å². The molecule has 0 atom stereocenters. The minimum absolute atomic E-state index is 0.0995. The van der Waals surface area contributed by atoms with E-state index in [1.807, 2.05) is 13.0 Å². The molecule has 216 valence electrons. The minimum Gasteiger partial charge on any atom is -0.497 e. The third kappa shape index (κ3) is 5.99. The van der Waals surface area contributed by atoms with Crippen LogP contribution in [0.5, 0.6) is 11.5 Å². The van der Waals surface area contributed by atoms with Gasteiger partial charge < -0.3 is 25.0 Å². The molecule has 0 spiro atoms. The molecule has 2 N–H and O–H groups in total. The number of hydrogen-bond acceptors (Lipinski definition) is 7. The number of carbonyl (C=O) groups is 2. The summed E-state index contributed by atoms with van der Waals surface area (Å²) in [6.45, 7) is 2.85. The predicted molar refractivity (Wildman–Crippen MR) is 158 cm³/mol. The van der Waals surface area contributed by atoms with E-state index < -0.39 is 5.82 Å². The molecule has 2 amide bonds. The molecule has 1 aliphatic rings. The van der Waals surface area contributed by atoms with Gasteiger partial charge in [0.05, 0.1) is 67.0 Å². The number of methoxy groups -OCH3 is 2. The van der Waals surface area contributed by atoms with Crippen molar-refractivity contribution in [1.29, 1.82) is 0 Å². The van der Waals surface area contributed by atoms with Crippen LogP contribution in [0.15, 0.2) is 60.8 Å². The maximum absolute atomic E-state index is 14.9. The van der Waals surface area contributed by atoms with Crippen molar-refractivity contribution in [3.05, 3.63) is 94.0 Å². The van der Waals surface area contributed by atoms with Gasteiger partial charge in [0.1, 0.15) is 23.1 Å². The summed E-state index contributed by atoms with van der Waals surface area (Å²) >= 11 is 6.38. The molecule has 0 saturated carbocycles. The Bertz CT molecular complexity index is 1630. The first kappa shape index (κ1) is 28.8. The Morgan fingerprint density at radius 2 is 1.93 bits per heavy atom. The van der Waals surface area contributed by atoms with Crippen molar-refractivity contribution in [2.24, 2.45) is 0 Å². The highest BCUT2D eigenvalue weighted by Gasteiger charge is 2.33. The molecule has 42 heavy (non-hydrogen) atoms. The van der Waals surface area contributed by atoms with Gasteiger partial charge in [-0.2, -0.15) is 0 Å². The van der Waals surface area contributed by atoms with Crippen molar-refractivity contribution in [1.82, 2.24) is 20.2 Å². The van der Waals surface area contributed by atoms with Crippen LogP contribution >= 0.6 is 11.6 Å². The van der Waals surface area contributed by atoms with Crippen LogP contribution in [0.2, 0.25) is 5.02 Å². The second kappa shape index (κ2) is 12.4. The monoisotopic (exact) mass is 589 g/mol. The van der Waals surface area contributed by atoms with Gasteiger partial charge >= 0.3 is 0 Å². The number of nitrogens with zero attached hydrogens (tertiary/aromatic N) is 3. The van der Waals surface area contributed by atoms with Gasteiger partial charge in [-0.05, 0) is 48.9 Å². The average molecular weight is 590 g/mol. The lowest BCUT2D eigenvalue weighted by Crippen LogP contribution is -2.24. The van der Waals surface area contributed by atoms with Crippen molar-refractivity contribution in [2.75, 3.05) is 26.1 Å². The zero-order valence-corrected chi connectivity index (χ0v) is 24.1. The molecule has 0 fully saturated rings. The summed E-state index contributed by atoms with van der Waals surface area (Å²) in [6, 6.07) is 14.9. The quantitative estimate of drug-likeness (QED) is 0.250. The van der Waals surface area contributed by atoms with E-state index in [4.69, 9.17) is 21.1 Å². The zero-order valence-electron chi connectivity index (χ0n) is 23.3. The van der Waals surface area contributed by atoms with Crippen LogP contribution in [-0.4, -0.2) is 47.4 Å². The Labute approximate surface area is 247 Å². The molecule has 3 heterocycles. The topological polar surface area (TPSA) is 106 Å². The molecule has 11 heteroatoms. The number of benzene rings is 2. The van der Waals surface area contributed by atoms with E-state index >= 15 is 0 Å². The van der Waals surface area contributed by atoms with Gasteiger partial charge in [0, 0.05) is 24.4 Å². The minimum atomic E-state index is -0.530. The summed E-state index contributed by atoms with van der Waals surface area (Å²) in [5.74, 6) is 0.778. The zero-order chi connectivity index (χ0) is 29.8. The summed E-state index contributed by atoms with van der Waals surface area (Å²) in [5.41, 5.74) is 3.18. The van der Waals surface area contributed by atoms with Crippen molar-refractivity contribution in [2.45, 2.75) is 26.4 Å². The van der Waals surface area contributed by atoms with Crippen molar-refractivity contribution in [3.63, 3.8) is 0 Å². The fourth-order valence-electron chi connectivity index (χ4n) is 4.83. The Hall–Kier alpha value is -4.70. The second-order valence-corrected chi connectivity index (χ2v) is 10.0. The maximum Gasteiger partial charge on any atom is 0.258 e. The number of rotatable bonds is 10. The first-order valence-electron chi connectivity index (χ1n) is 13.3.